The Morgan fingerprint density at radius 1 is 0.909 bits per heavy atom. The number of hydrogen-bond donors (Lipinski definition) is 0. The summed E-state index contributed by atoms with van der Waals surface area (Å²) in [6, 6.07) is 6.40. The van der Waals surface area contributed by atoms with E-state index in [0.717, 1.165) is 42.2 Å². The number of alkyl halides is 2. The van der Waals surface area contributed by atoms with Gasteiger partial charge in [0.15, 0.2) is 17.4 Å². The Bertz CT molecular complexity index is 928. The highest BCUT2D eigenvalue weighted by atomic mass is 19.3. The van der Waals surface area contributed by atoms with Gasteiger partial charge < -0.3 is 4.74 Å². The van der Waals surface area contributed by atoms with Crippen molar-refractivity contribution >= 4 is 10.8 Å². The number of unbranched alkanes of at least 4 members (excludes halogenated alkanes) is 4. The van der Waals surface area contributed by atoms with Gasteiger partial charge in [0.1, 0.15) is 0 Å². The molecule has 2 aromatic rings. The summed E-state index contributed by atoms with van der Waals surface area (Å²) in [7, 11) is 0. The average Bonchev–Trinajstić information content (AvgIpc) is 2.80. The highest BCUT2D eigenvalue weighted by Gasteiger charge is 2.36. The molecule has 0 bridgehead atoms. The van der Waals surface area contributed by atoms with Gasteiger partial charge in [0.25, 0.3) is 0 Å². The predicted molar refractivity (Wildman–Crippen MR) is 125 cm³/mol. The van der Waals surface area contributed by atoms with Gasteiger partial charge in [-0.1, -0.05) is 70.1 Å². The van der Waals surface area contributed by atoms with Crippen molar-refractivity contribution in [3.63, 3.8) is 0 Å². The van der Waals surface area contributed by atoms with Crippen LogP contribution in [0.3, 0.4) is 0 Å². The molecule has 0 radical (unpaired) electrons. The summed E-state index contributed by atoms with van der Waals surface area (Å²) in [5, 5.41) is 0.516. The van der Waals surface area contributed by atoms with Crippen LogP contribution >= 0.6 is 0 Å². The van der Waals surface area contributed by atoms with Gasteiger partial charge in [-0.3, -0.25) is 0 Å². The molecule has 2 saturated carbocycles. The fourth-order valence-electron chi connectivity index (χ4n) is 6.37. The molecular weight excluding hydrogens is 428 g/mol. The molecule has 0 aromatic heterocycles. The minimum atomic E-state index is -3.27. The van der Waals surface area contributed by atoms with E-state index in [9.17, 15) is 17.6 Å². The number of hydrogen-bond acceptors (Lipinski definition) is 1. The van der Waals surface area contributed by atoms with Crippen LogP contribution in [0.2, 0.25) is 0 Å². The largest absolute Gasteiger partial charge is 0.429 e. The zero-order chi connectivity index (χ0) is 23.4. The Morgan fingerprint density at radius 2 is 1.67 bits per heavy atom. The number of benzene rings is 2. The number of halogens is 4. The first kappa shape index (κ1) is 24.3. The van der Waals surface area contributed by atoms with Gasteiger partial charge in [0.05, 0.1) is 0 Å². The summed E-state index contributed by atoms with van der Waals surface area (Å²) in [5.74, 6) is -0.313. The molecular formula is C28H36F4O. The van der Waals surface area contributed by atoms with E-state index in [-0.39, 0.29) is 5.39 Å². The summed E-state index contributed by atoms with van der Waals surface area (Å²) in [4.78, 5) is 0. The van der Waals surface area contributed by atoms with Crippen molar-refractivity contribution in [1.29, 1.82) is 0 Å². The van der Waals surface area contributed by atoms with Crippen molar-refractivity contribution in [3.8, 4) is 5.75 Å². The summed E-state index contributed by atoms with van der Waals surface area (Å²) in [6.45, 7) is -1.01. The monoisotopic (exact) mass is 464 g/mol. The van der Waals surface area contributed by atoms with Gasteiger partial charge in [-0.15, -0.1) is 0 Å². The van der Waals surface area contributed by atoms with Crippen LogP contribution in [-0.2, 0) is 0 Å². The predicted octanol–water partition coefficient (Wildman–Crippen LogP) is 9.38. The van der Waals surface area contributed by atoms with E-state index in [4.69, 9.17) is 0 Å². The van der Waals surface area contributed by atoms with Crippen LogP contribution in [0, 0.1) is 29.4 Å². The Morgan fingerprint density at radius 3 is 2.45 bits per heavy atom. The van der Waals surface area contributed by atoms with E-state index >= 15 is 0 Å². The molecule has 2 unspecified atom stereocenters. The molecule has 2 aliphatic carbocycles. The normalized spacial score (nSPS) is 25.4. The zero-order valence-corrected chi connectivity index (χ0v) is 19.6. The molecule has 0 N–H and O–H groups in total. The highest BCUT2D eigenvalue weighted by Crippen LogP contribution is 2.48. The van der Waals surface area contributed by atoms with E-state index in [2.05, 4.69) is 11.7 Å². The van der Waals surface area contributed by atoms with Crippen molar-refractivity contribution in [2.75, 3.05) is 0 Å². The number of rotatable bonds is 9. The third kappa shape index (κ3) is 5.84. The number of fused-ring (bicyclic) bond motifs is 2. The van der Waals surface area contributed by atoms with Gasteiger partial charge in [-0.25, -0.2) is 8.78 Å². The van der Waals surface area contributed by atoms with Crippen LogP contribution in [0.15, 0.2) is 24.3 Å². The minimum absolute atomic E-state index is 0.115. The Balaban J connectivity index is 1.38. The van der Waals surface area contributed by atoms with Crippen LogP contribution in [0.4, 0.5) is 17.6 Å². The molecule has 0 aliphatic heterocycles. The lowest BCUT2D eigenvalue weighted by atomic mass is 9.63. The van der Waals surface area contributed by atoms with Crippen molar-refractivity contribution in [2.24, 2.45) is 17.8 Å². The lowest BCUT2D eigenvalue weighted by molar-refractivity contribution is -0.0544. The van der Waals surface area contributed by atoms with Crippen LogP contribution in [0.25, 0.3) is 10.8 Å². The molecule has 0 saturated heterocycles. The van der Waals surface area contributed by atoms with Crippen LogP contribution < -0.4 is 4.74 Å². The fraction of sp³-hybridized carbons (Fsp3) is 0.643. The van der Waals surface area contributed by atoms with E-state index < -0.39 is 24.0 Å². The van der Waals surface area contributed by atoms with E-state index in [1.165, 1.54) is 64.2 Å². The second-order valence-corrected chi connectivity index (χ2v) is 10.3. The molecule has 2 aliphatic rings. The smallest absolute Gasteiger partial charge is 0.387 e. The maximum absolute atomic E-state index is 14.6. The molecule has 2 fully saturated rings. The molecule has 5 heteroatoms. The quantitative estimate of drug-likeness (QED) is 0.265. The molecule has 4 rings (SSSR count). The van der Waals surface area contributed by atoms with E-state index in [0.29, 0.717) is 11.3 Å². The SMILES string of the molecule is CCCCCCC[C@@H]1CC[C@@H]2CC(c3ccc4c(F)c(OC(F)F)c(F)cc4c3)CCC2C1. The van der Waals surface area contributed by atoms with E-state index in [1.807, 2.05) is 12.1 Å². The molecule has 0 amide bonds. The maximum atomic E-state index is 14.6. The third-order valence-corrected chi connectivity index (χ3v) is 8.13. The third-order valence-electron chi connectivity index (χ3n) is 8.13. The maximum Gasteiger partial charge on any atom is 0.387 e. The lowest BCUT2D eigenvalue weighted by Crippen LogP contribution is -2.30. The van der Waals surface area contributed by atoms with Crippen molar-refractivity contribution in [1.82, 2.24) is 0 Å². The standard InChI is InChI=1S/C28H36F4O/c1-2-3-4-5-6-7-18-8-9-20-15-21(11-10-19(20)14-18)22-12-13-24-23(16-22)17-25(29)27(26(24)30)33-28(31)32/h12-13,16-21,28H,2-11,14-15H2,1H3/t18-,19?,20-,21?/m1/s1. The van der Waals surface area contributed by atoms with Gasteiger partial charge >= 0.3 is 6.61 Å². The molecule has 0 spiro atoms. The first-order valence-electron chi connectivity index (χ1n) is 12.8. The highest BCUT2D eigenvalue weighted by molar-refractivity contribution is 5.85. The molecule has 1 nitrogen and oxygen atoms in total. The van der Waals surface area contributed by atoms with Crippen LogP contribution in [0.5, 0.6) is 5.75 Å². The molecule has 182 valence electrons. The second-order valence-electron chi connectivity index (χ2n) is 10.3. The lowest BCUT2D eigenvalue weighted by Gasteiger charge is -2.42. The summed E-state index contributed by atoms with van der Waals surface area (Å²) in [6.07, 6.45) is 15.6. The zero-order valence-electron chi connectivity index (χ0n) is 19.6. The van der Waals surface area contributed by atoms with E-state index in [1.54, 1.807) is 6.07 Å². The molecule has 33 heavy (non-hydrogen) atoms. The first-order valence-corrected chi connectivity index (χ1v) is 12.8. The van der Waals surface area contributed by atoms with Crippen LogP contribution in [-0.4, -0.2) is 6.61 Å². The van der Waals surface area contributed by atoms with Crippen molar-refractivity contribution in [2.45, 2.75) is 96.5 Å². The Labute approximate surface area is 194 Å². The van der Waals surface area contributed by atoms with Gasteiger partial charge in [-0.05, 0) is 72.8 Å². The Kier molecular flexibility index (Phi) is 8.19. The summed E-state index contributed by atoms with van der Waals surface area (Å²) in [5.41, 5.74) is 1.10. The molecule has 0 heterocycles. The topological polar surface area (TPSA) is 9.23 Å². The van der Waals surface area contributed by atoms with Crippen molar-refractivity contribution < 1.29 is 22.3 Å². The average molecular weight is 465 g/mol. The second kappa shape index (κ2) is 11.1. The van der Waals surface area contributed by atoms with Crippen molar-refractivity contribution in [3.05, 3.63) is 41.5 Å². The molecule has 4 atom stereocenters. The summed E-state index contributed by atoms with van der Waals surface area (Å²) >= 11 is 0. The minimum Gasteiger partial charge on any atom is -0.429 e. The van der Waals surface area contributed by atoms with Gasteiger partial charge in [0.2, 0.25) is 0 Å². The van der Waals surface area contributed by atoms with Crippen LogP contribution in [0.1, 0.15) is 95.5 Å². The first-order chi connectivity index (χ1) is 16.0. The van der Waals surface area contributed by atoms with Gasteiger partial charge in [-0.2, -0.15) is 8.78 Å². The van der Waals surface area contributed by atoms with Gasteiger partial charge in [0, 0.05) is 5.39 Å². The Hall–Kier alpha value is -1.78. The number of ether oxygens (including phenoxy) is 1. The summed E-state index contributed by atoms with van der Waals surface area (Å²) < 4.78 is 57.8. The molecule has 2 aromatic carbocycles. The fourth-order valence-corrected chi connectivity index (χ4v) is 6.37.